The monoisotopic (exact) mass is 610 g/mol. The summed E-state index contributed by atoms with van der Waals surface area (Å²) in [5.74, 6) is 2.68. The molecule has 0 aromatic heterocycles. The van der Waals surface area contributed by atoms with Crippen LogP contribution in [0.1, 0.15) is 215 Å². The molecule has 44 heavy (non-hydrogen) atoms. The highest BCUT2D eigenvalue weighted by atomic mass is 14.7. The van der Waals surface area contributed by atoms with Gasteiger partial charge in [0, 0.05) is 6.54 Å². The van der Waals surface area contributed by atoms with Crippen LogP contribution in [0.5, 0.6) is 0 Å². The first kappa shape index (κ1) is 36.5. The van der Waals surface area contributed by atoms with Crippen molar-refractivity contribution in [2.45, 2.75) is 215 Å². The molecule has 3 bridgehead atoms. The van der Waals surface area contributed by atoms with Crippen molar-refractivity contribution < 1.29 is 0 Å². The third kappa shape index (κ3) is 7.08. The van der Waals surface area contributed by atoms with Gasteiger partial charge >= 0.3 is 0 Å². The number of nitrogens with zero attached hydrogens (tertiary/aromatic N) is 1. The van der Waals surface area contributed by atoms with Crippen LogP contribution < -0.4 is 0 Å². The molecule has 7 unspecified atom stereocenters. The van der Waals surface area contributed by atoms with E-state index in [1.807, 2.05) is 0 Å². The molecule has 0 N–H and O–H groups in total. The lowest BCUT2D eigenvalue weighted by Gasteiger charge is -2.69. The van der Waals surface area contributed by atoms with E-state index in [0.717, 1.165) is 24.3 Å². The molecule has 4 saturated carbocycles. The summed E-state index contributed by atoms with van der Waals surface area (Å²) in [6.07, 6.45) is 39.7. The van der Waals surface area contributed by atoms with Crippen molar-refractivity contribution in [1.82, 2.24) is 0 Å². The van der Waals surface area contributed by atoms with Crippen LogP contribution in [0.2, 0.25) is 0 Å². The molecule has 4 rings (SSSR count). The third-order valence-electron chi connectivity index (χ3n) is 16.2. The molecule has 256 valence electrons. The molecule has 0 aliphatic heterocycles. The second-order valence-electron chi connectivity index (χ2n) is 18.1. The van der Waals surface area contributed by atoms with E-state index in [-0.39, 0.29) is 0 Å². The van der Waals surface area contributed by atoms with Gasteiger partial charge in [-0.25, -0.2) is 0 Å². The van der Waals surface area contributed by atoms with Gasteiger partial charge in [0.2, 0.25) is 0 Å². The van der Waals surface area contributed by atoms with Gasteiger partial charge in [-0.15, -0.1) is 0 Å². The standard InChI is InChI=1S/C43H79N/c1-8-11-13-14-15-17-29-41(10-3)35-38-23-22-36(26-34-44-7)21-20-28-40(6,27-16-12-9-2)43-31-19-18-30-42(43,39(38,4)5)32-24-37(41)25-33-43/h36-38H,7-35H2,1-6H3. The topological polar surface area (TPSA) is 12.4 Å². The Bertz CT molecular complexity index is 859. The number of hydrogen-bond acceptors (Lipinski definition) is 1. The Morgan fingerprint density at radius 3 is 1.95 bits per heavy atom. The molecule has 4 aliphatic rings. The fourth-order valence-corrected chi connectivity index (χ4v) is 13.3. The molecular formula is C43H79N. The minimum atomic E-state index is 0.419. The lowest BCUT2D eigenvalue weighted by atomic mass is 9.35. The van der Waals surface area contributed by atoms with Crippen molar-refractivity contribution in [3.05, 3.63) is 0 Å². The highest BCUT2D eigenvalue weighted by Crippen LogP contribution is 2.77. The van der Waals surface area contributed by atoms with E-state index >= 15 is 0 Å². The molecule has 4 aliphatic carbocycles. The van der Waals surface area contributed by atoms with Gasteiger partial charge < -0.3 is 4.99 Å². The summed E-state index contributed by atoms with van der Waals surface area (Å²) in [6, 6.07) is 0. The van der Waals surface area contributed by atoms with Crippen LogP contribution >= 0.6 is 0 Å². The Balaban J connectivity index is 1.81. The van der Waals surface area contributed by atoms with Gasteiger partial charge in [-0.3, -0.25) is 0 Å². The van der Waals surface area contributed by atoms with E-state index in [1.54, 1.807) is 32.1 Å². The molecular weight excluding hydrogens is 530 g/mol. The van der Waals surface area contributed by atoms with E-state index in [1.165, 1.54) is 141 Å². The molecule has 1 heteroatoms. The summed E-state index contributed by atoms with van der Waals surface area (Å²) in [7, 11) is 0. The smallest absolute Gasteiger partial charge is 0.0384 e. The number of fused-ring (bicyclic) bond motifs is 3. The predicted octanol–water partition coefficient (Wildman–Crippen LogP) is 14.2. The first-order chi connectivity index (χ1) is 21.2. The maximum Gasteiger partial charge on any atom is 0.0384 e. The second kappa shape index (κ2) is 16.2. The van der Waals surface area contributed by atoms with Crippen LogP contribution in [0, 0.1) is 44.8 Å². The number of aliphatic imine (C=N–C) groups is 1. The zero-order chi connectivity index (χ0) is 31.7. The summed E-state index contributed by atoms with van der Waals surface area (Å²) in [5.41, 5.74) is 2.55. The largest absolute Gasteiger partial charge is 0.301 e. The van der Waals surface area contributed by atoms with Crippen LogP contribution in [0.25, 0.3) is 0 Å². The summed E-state index contributed by atoms with van der Waals surface area (Å²) < 4.78 is 0. The lowest BCUT2D eigenvalue weighted by molar-refractivity contribution is -0.205. The maximum absolute atomic E-state index is 4.38. The molecule has 0 aromatic rings. The Hall–Kier alpha value is -0.330. The fourth-order valence-electron chi connectivity index (χ4n) is 13.3. The summed E-state index contributed by atoms with van der Waals surface area (Å²) in [6.45, 7) is 20.9. The molecule has 0 amide bonds. The maximum atomic E-state index is 4.38. The van der Waals surface area contributed by atoms with Gasteiger partial charge in [0.15, 0.2) is 0 Å². The number of unbranched alkanes of at least 4 members (excludes halogenated alkanes) is 7. The highest BCUT2D eigenvalue weighted by Gasteiger charge is 2.68. The van der Waals surface area contributed by atoms with E-state index in [4.69, 9.17) is 0 Å². The van der Waals surface area contributed by atoms with E-state index < -0.39 is 0 Å². The van der Waals surface area contributed by atoms with E-state index in [0.29, 0.717) is 27.1 Å². The molecule has 4 fully saturated rings. The van der Waals surface area contributed by atoms with Gasteiger partial charge in [-0.1, -0.05) is 138 Å². The van der Waals surface area contributed by atoms with Crippen LogP contribution in [0.4, 0.5) is 0 Å². The minimum absolute atomic E-state index is 0.419. The average Bonchev–Trinajstić information content (AvgIpc) is 3.20. The molecule has 0 heterocycles. The first-order valence-electron chi connectivity index (χ1n) is 20.6. The van der Waals surface area contributed by atoms with Gasteiger partial charge in [0.05, 0.1) is 0 Å². The zero-order valence-electron chi connectivity index (χ0n) is 31.2. The van der Waals surface area contributed by atoms with Crippen molar-refractivity contribution in [2.24, 2.45) is 49.8 Å². The summed E-state index contributed by atoms with van der Waals surface area (Å²) in [4.78, 5) is 4.38. The molecule has 1 spiro atoms. The zero-order valence-corrected chi connectivity index (χ0v) is 31.2. The van der Waals surface area contributed by atoms with Crippen LogP contribution in [-0.2, 0) is 0 Å². The second-order valence-corrected chi connectivity index (χ2v) is 18.1. The van der Waals surface area contributed by atoms with Crippen molar-refractivity contribution >= 4 is 6.72 Å². The Kier molecular flexibility index (Phi) is 13.4. The Labute approximate surface area is 277 Å². The van der Waals surface area contributed by atoms with Gasteiger partial charge in [-0.2, -0.15) is 0 Å². The van der Waals surface area contributed by atoms with Crippen LogP contribution in [0.3, 0.4) is 0 Å². The van der Waals surface area contributed by atoms with Crippen molar-refractivity contribution in [3.63, 3.8) is 0 Å². The van der Waals surface area contributed by atoms with Crippen LogP contribution in [0.15, 0.2) is 4.99 Å². The fraction of sp³-hybridized carbons (Fsp3) is 0.977. The highest BCUT2D eigenvalue weighted by molar-refractivity contribution is 5.23. The quantitative estimate of drug-likeness (QED) is 0.129. The predicted molar refractivity (Wildman–Crippen MR) is 196 cm³/mol. The molecule has 1 nitrogen and oxygen atoms in total. The van der Waals surface area contributed by atoms with E-state index in [2.05, 4.69) is 53.3 Å². The molecule has 0 aromatic carbocycles. The lowest BCUT2D eigenvalue weighted by Crippen LogP contribution is -2.62. The van der Waals surface area contributed by atoms with Crippen molar-refractivity contribution in [2.75, 3.05) is 6.54 Å². The summed E-state index contributed by atoms with van der Waals surface area (Å²) in [5, 5.41) is 0. The Morgan fingerprint density at radius 2 is 1.25 bits per heavy atom. The average molecular weight is 610 g/mol. The first-order valence-corrected chi connectivity index (χ1v) is 20.6. The molecule has 0 radical (unpaired) electrons. The minimum Gasteiger partial charge on any atom is -0.301 e. The summed E-state index contributed by atoms with van der Waals surface area (Å²) >= 11 is 0. The van der Waals surface area contributed by atoms with Gasteiger partial charge in [0.1, 0.15) is 0 Å². The van der Waals surface area contributed by atoms with E-state index in [9.17, 15) is 0 Å². The molecule has 0 saturated heterocycles. The van der Waals surface area contributed by atoms with Crippen molar-refractivity contribution in [1.29, 1.82) is 0 Å². The van der Waals surface area contributed by atoms with Crippen LogP contribution in [-0.4, -0.2) is 13.3 Å². The molecule has 7 atom stereocenters. The normalized spacial score (nSPS) is 39.1. The SMILES string of the molecule is C=NCCC1CCCC(C)(CCCCC)C23CCCCC24CCC(CC3)C(CC)(CCCCCCCC)CC(CC1)C4(C)C. The van der Waals surface area contributed by atoms with Crippen molar-refractivity contribution in [3.8, 4) is 0 Å². The number of rotatable bonds is 15. The number of hydrogen-bond donors (Lipinski definition) is 0. The Morgan fingerprint density at radius 1 is 0.614 bits per heavy atom. The van der Waals surface area contributed by atoms with Gasteiger partial charge in [0.25, 0.3) is 0 Å². The third-order valence-corrected chi connectivity index (χ3v) is 16.2. The van der Waals surface area contributed by atoms with Gasteiger partial charge in [-0.05, 0) is 129 Å².